The number of carbonyl (C=O) groups is 1. The van der Waals surface area contributed by atoms with Crippen molar-refractivity contribution >= 4 is 5.91 Å². The SMILES string of the molecule is CN1CCc2nc(C3CCN(C(=O)CC4CCCCC4)CC3)ncc2C1. The summed E-state index contributed by atoms with van der Waals surface area (Å²) in [6.45, 7) is 3.79. The second kappa shape index (κ2) is 8.03. The van der Waals surface area contributed by atoms with Crippen LogP contribution in [0.2, 0.25) is 0 Å². The molecule has 0 radical (unpaired) electrons. The summed E-state index contributed by atoms with van der Waals surface area (Å²) in [6.07, 6.45) is 12.3. The highest BCUT2D eigenvalue weighted by Crippen LogP contribution is 2.30. The third-order valence-electron chi connectivity index (χ3n) is 6.54. The molecule has 0 unspecified atom stereocenters. The number of amides is 1. The van der Waals surface area contributed by atoms with E-state index in [9.17, 15) is 4.79 Å². The fourth-order valence-corrected chi connectivity index (χ4v) is 4.82. The summed E-state index contributed by atoms with van der Waals surface area (Å²) < 4.78 is 0. The first-order valence-electron chi connectivity index (χ1n) is 10.5. The Morgan fingerprint density at radius 1 is 1.12 bits per heavy atom. The summed E-state index contributed by atoms with van der Waals surface area (Å²) >= 11 is 0. The molecule has 142 valence electrons. The van der Waals surface area contributed by atoms with Gasteiger partial charge in [0.2, 0.25) is 5.91 Å². The molecule has 1 amide bonds. The summed E-state index contributed by atoms with van der Waals surface area (Å²) in [7, 11) is 2.15. The average molecular weight is 357 g/mol. The van der Waals surface area contributed by atoms with E-state index in [0.29, 0.717) is 17.7 Å². The van der Waals surface area contributed by atoms with Crippen LogP contribution in [-0.2, 0) is 17.8 Å². The lowest BCUT2D eigenvalue weighted by atomic mass is 9.86. The number of aromatic nitrogens is 2. The first-order valence-corrected chi connectivity index (χ1v) is 10.5. The molecule has 4 rings (SSSR count). The summed E-state index contributed by atoms with van der Waals surface area (Å²) in [5.41, 5.74) is 2.52. The van der Waals surface area contributed by atoms with E-state index in [4.69, 9.17) is 4.98 Å². The average Bonchev–Trinajstić information content (AvgIpc) is 2.68. The molecule has 1 aromatic rings. The maximum Gasteiger partial charge on any atom is 0.222 e. The molecule has 1 saturated heterocycles. The van der Waals surface area contributed by atoms with Crippen molar-refractivity contribution in [2.75, 3.05) is 26.7 Å². The van der Waals surface area contributed by atoms with Crippen LogP contribution in [0.15, 0.2) is 6.20 Å². The maximum atomic E-state index is 12.6. The van der Waals surface area contributed by atoms with Gasteiger partial charge in [-0.2, -0.15) is 0 Å². The van der Waals surface area contributed by atoms with Crippen LogP contribution in [0.4, 0.5) is 0 Å². The zero-order valence-corrected chi connectivity index (χ0v) is 16.1. The molecule has 1 aliphatic carbocycles. The molecule has 5 heteroatoms. The highest BCUT2D eigenvalue weighted by Gasteiger charge is 2.28. The van der Waals surface area contributed by atoms with Gasteiger partial charge in [0.05, 0.1) is 0 Å². The molecular formula is C21H32N4O. The molecule has 1 saturated carbocycles. The number of carbonyl (C=O) groups excluding carboxylic acids is 1. The second-order valence-electron chi connectivity index (χ2n) is 8.55. The number of hydrogen-bond acceptors (Lipinski definition) is 4. The highest BCUT2D eigenvalue weighted by atomic mass is 16.2. The minimum absolute atomic E-state index is 0.379. The van der Waals surface area contributed by atoms with Crippen molar-refractivity contribution in [3.8, 4) is 0 Å². The van der Waals surface area contributed by atoms with E-state index in [-0.39, 0.29) is 0 Å². The zero-order chi connectivity index (χ0) is 17.9. The number of piperidine rings is 1. The van der Waals surface area contributed by atoms with Gasteiger partial charge in [0, 0.05) is 62.4 Å². The van der Waals surface area contributed by atoms with Crippen LogP contribution in [0.25, 0.3) is 0 Å². The molecular weight excluding hydrogens is 324 g/mol. The quantitative estimate of drug-likeness (QED) is 0.835. The maximum absolute atomic E-state index is 12.6. The largest absolute Gasteiger partial charge is 0.343 e. The van der Waals surface area contributed by atoms with E-state index in [1.165, 1.54) is 43.4 Å². The van der Waals surface area contributed by atoms with Gasteiger partial charge < -0.3 is 9.80 Å². The topological polar surface area (TPSA) is 49.3 Å². The molecule has 0 N–H and O–H groups in total. The lowest BCUT2D eigenvalue weighted by molar-refractivity contribution is -0.133. The number of likely N-dealkylation sites (N-methyl/N-ethyl adjacent to an activating group) is 1. The Hall–Kier alpha value is -1.49. The van der Waals surface area contributed by atoms with Crippen LogP contribution in [0.5, 0.6) is 0 Å². The van der Waals surface area contributed by atoms with Gasteiger partial charge in [-0.3, -0.25) is 4.79 Å². The molecule has 3 heterocycles. The molecule has 0 spiro atoms. The molecule has 3 aliphatic rings. The Balaban J connectivity index is 1.31. The third kappa shape index (κ3) is 4.08. The van der Waals surface area contributed by atoms with Crippen LogP contribution in [0, 0.1) is 5.92 Å². The van der Waals surface area contributed by atoms with Gasteiger partial charge in [-0.15, -0.1) is 0 Å². The van der Waals surface area contributed by atoms with Gasteiger partial charge in [-0.05, 0) is 38.6 Å². The van der Waals surface area contributed by atoms with Gasteiger partial charge in [-0.25, -0.2) is 9.97 Å². The van der Waals surface area contributed by atoms with Crippen molar-refractivity contribution in [2.24, 2.45) is 5.92 Å². The van der Waals surface area contributed by atoms with Crippen molar-refractivity contribution in [1.29, 1.82) is 0 Å². The van der Waals surface area contributed by atoms with Crippen molar-refractivity contribution in [3.63, 3.8) is 0 Å². The summed E-state index contributed by atoms with van der Waals surface area (Å²) in [5.74, 6) is 2.44. The molecule has 0 aromatic carbocycles. The van der Waals surface area contributed by atoms with E-state index in [0.717, 1.165) is 57.7 Å². The van der Waals surface area contributed by atoms with Gasteiger partial charge in [-0.1, -0.05) is 19.3 Å². The monoisotopic (exact) mass is 356 g/mol. The van der Waals surface area contributed by atoms with E-state index in [2.05, 4.69) is 21.8 Å². The number of hydrogen-bond donors (Lipinski definition) is 0. The van der Waals surface area contributed by atoms with Gasteiger partial charge in [0.1, 0.15) is 5.82 Å². The van der Waals surface area contributed by atoms with Crippen LogP contribution < -0.4 is 0 Å². The fraction of sp³-hybridized carbons (Fsp3) is 0.762. The van der Waals surface area contributed by atoms with Gasteiger partial charge >= 0.3 is 0 Å². The molecule has 0 atom stereocenters. The third-order valence-corrected chi connectivity index (χ3v) is 6.54. The van der Waals surface area contributed by atoms with E-state index >= 15 is 0 Å². The second-order valence-corrected chi connectivity index (χ2v) is 8.55. The number of likely N-dealkylation sites (tertiary alicyclic amines) is 1. The fourth-order valence-electron chi connectivity index (χ4n) is 4.82. The smallest absolute Gasteiger partial charge is 0.222 e. The normalized spacial score (nSPS) is 23.0. The van der Waals surface area contributed by atoms with Crippen LogP contribution in [0.3, 0.4) is 0 Å². The zero-order valence-electron chi connectivity index (χ0n) is 16.1. The lowest BCUT2D eigenvalue weighted by Crippen LogP contribution is -2.39. The van der Waals surface area contributed by atoms with Crippen molar-refractivity contribution in [3.05, 3.63) is 23.3 Å². The van der Waals surface area contributed by atoms with E-state index in [1.807, 2.05) is 6.20 Å². The number of nitrogens with zero attached hydrogens (tertiary/aromatic N) is 4. The standard InChI is InChI=1S/C21H32N4O/c1-24-10-9-19-18(15-24)14-22-21(23-19)17-7-11-25(12-8-17)20(26)13-16-5-3-2-4-6-16/h14,16-17H,2-13,15H2,1H3. The first-order chi connectivity index (χ1) is 12.7. The predicted octanol–water partition coefficient (Wildman–Crippen LogP) is 3.14. The van der Waals surface area contributed by atoms with Crippen molar-refractivity contribution in [1.82, 2.24) is 19.8 Å². The highest BCUT2D eigenvalue weighted by molar-refractivity contribution is 5.76. The molecule has 0 bridgehead atoms. The Morgan fingerprint density at radius 3 is 2.65 bits per heavy atom. The lowest BCUT2D eigenvalue weighted by Gasteiger charge is -2.33. The Labute approximate surface area is 157 Å². The summed E-state index contributed by atoms with van der Waals surface area (Å²) in [5, 5.41) is 0. The molecule has 26 heavy (non-hydrogen) atoms. The Kier molecular flexibility index (Phi) is 5.53. The number of fused-ring (bicyclic) bond motifs is 1. The molecule has 2 fully saturated rings. The summed E-state index contributed by atoms with van der Waals surface area (Å²) in [4.78, 5) is 26.6. The Morgan fingerprint density at radius 2 is 1.88 bits per heavy atom. The van der Waals surface area contributed by atoms with E-state index < -0.39 is 0 Å². The van der Waals surface area contributed by atoms with Crippen LogP contribution in [-0.4, -0.2) is 52.4 Å². The van der Waals surface area contributed by atoms with Gasteiger partial charge in [0.15, 0.2) is 0 Å². The van der Waals surface area contributed by atoms with E-state index in [1.54, 1.807) is 0 Å². The summed E-state index contributed by atoms with van der Waals surface area (Å²) in [6, 6.07) is 0. The van der Waals surface area contributed by atoms with Crippen molar-refractivity contribution < 1.29 is 4.79 Å². The molecule has 5 nitrogen and oxygen atoms in total. The first kappa shape index (κ1) is 17.9. The minimum Gasteiger partial charge on any atom is -0.343 e. The van der Waals surface area contributed by atoms with Crippen molar-refractivity contribution in [2.45, 2.75) is 70.3 Å². The Bertz CT molecular complexity index is 633. The minimum atomic E-state index is 0.379. The van der Waals surface area contributed by atoms with Gasteiger partial charge in [0.25, 0.3) is 0 Å². The number of rotatable bonds is 3. The predicted molar refractivity (Wildman–Crippen MR) is 102 cm³/mol. The molecule has 2 aliphatic heterocycles. The van der Waals surface area contributed by atoms with Crippen LogP contribution >= 0.6 is 0 Å². The molecule has 1 aromatic heterocycles. The van der Waals surface area contributed by atoms with Crippen LogP contribution in [0.1, 0.15) is 74.4 Å².